The van der Waals surface area contributed by atoms with Crippen molar-refractivity contribution >= 4 is 17.5 Å². The van der Waals surface area contributed by atoms with Crippen molar-refractivity contribution in [2.24, 2.45) is 0 Å². The van der Waals surface area contributed by atoms with Gasteiger partial charge in [-0.1, -0.05) is 0 Å². The molecule has 0 radical (unpaired) electrons. The number of nitrogens with zero attached hydrogens (tertiary/aromatic N) is 1. The monoisotopic (exact) mass is 307 g/mol. The summed E-state index contributed by atoms with van der Waals surface area (Å²) in [7, 11) is 3.84. The van der Waals surface area contributed by atoms with Gasteiger partial charge in [-0.2, -0.15) is 33.7 Å². The summed E-state index contributed by atoms with van der Waals surface area (Å²) in [5.74, 6) is -6.06. The van der Waals surface area contributed by atoms with E-state index in [0.29, 0.717) is 5.75 Å². The first kappa shape index (κ1) is 18.6. The minimum atomic E-state index is -5.79. The van der Waals surface area contributed by atoms with Gasteiger partial charge in [0.05, 0.1) is 0 Å². The summed E-state index contributed by atoms with van der Waals surface area (Å²) in [6.07, 6.45) is -5.59. The number of ketones is 1. The molecule has 0 spiro atoms. The molecule has 2 nitrogen and oxygen atoms in total. The first-order chi connectivity index (χ1) is 8.59. The Bertz CT molecular complexity index is 281. The number of hydrogen-bond acceptors (Lipinski definition) is 3. The molecule has 0 amide bonds. The first-order valence-electron chi connectivity index (χ1n) is 5.79. The normalized spacial score (nSPS) is 13.1. The Morgan fingerprint density at radius 3 is 2.05 bits per heavy atom. The van der Waals surface area contributed by atoms with E-state index in [0.717, 1.165) is 18.7 Å². The van der Waals surface area contributed by atoms with Crippen LogP contribution in [0.5, 0.6) is 0 Å². The molecule has 19 heavy (non-hydrogen) atoms. The second-order valence-corrected chi connectivity index (χ2v) is 5.59. The van der Waals surface area contributed by atoms with E-state index in [4.69, 9.17) is 0 Å². The Balaban J connectivity index is 3.76. The molecular formula is C11H18F5NOS. The molecule has 0 fully saturated rings. The molecule has 0 saturated heterocycles. The van der Waals surface area contributed by atoms with Gasteiger partial charge in [-0.25, -0.2) is 0 Å². The smallest absolute Gasteiger partial charge is 0.309 e. The summed E-state index contributed by atoms with van der Waals surface area (Å²) in [6, 6.07) is 0. The standard InChI is InChI=1S/C11H18F5NOS/c1-17(2)6-4-8-19-7-3-5-9(18)10(12,13)11(14,15)16/h3-8H2,1-2H3. The lowest BCUT2D eigenvalue weighted by atomic mass is 10.1. The Kier molecular flexibility index (Phi) is 7.88. The van der Waals surface area contributed by atoms with Crippen molar-refractivity contribution in [3.05, 3.63) is 0 Å². The van der Waals surface area contributed by atoms with E-state index in [-0.39, 0.29) is 6.42 Å². The van der Waals surface area contributed by atoms with Crippen LogP contribution >= 0.6 is 11.8 Å². The first-order valence-corrected chi connectivity index (χ1v) is 6.95. The lowest BCUT2D eigenvalue weighted by molar-refractivity contribution is -0.268. The summed E-state index contributed by atoms with van der Waals surface area (Å²) in [6.45, 7) is 0.887. The highest BCUT2D eigenvalue weighted by Crippen LogP contribution is 2.37. The van der Waals surface area contributed by atoms with Gasteiger partial charge in [0.1, 0.15) is 0 Å². The van der Waals surface area contributed by atoms with Gasteiger partial charge >= 0.3 is 12.1 Å². The van der Waals surface area contributed by atoms with E-state index in [1.165, 1.54) is 11.8 Å². The predicted octanol–water partition coefficient (Wildman–Crippen LogP) is 3.22. The number of carbonyl (C=O) groups is 1. The number of rotatable bonds is 9. The van der Waals surface area contributed by atoms with Crippen LogP contribution in [0.25, 0.3) is 0 Å². The average molecular weight is 307 g/mol. The third-order valence-electron chi connectivity index (χ3n) is 2.29. The van der Waals surface area contributed by atoms with Crippen LogP contribution in [-0.2, 0) is 4.79 Å². The van der Waals surface area contributed by atoms with Gasteiger partial charge in [0.15, 0.2) is 0 Å². The lowest BCUT2D eigenvalue weighted by Gasteiger charge is -2.17. The van der Waals surface area contributed by atoms with E-state index in [2.05, 4.69) is 0 Å². The van der Waals surface area contributed by atoms with Crippen molar-refractivity contribution in [1.29, 1.82) is 0 Å². The predicted molar refractivity (Wildman–Crippen MR) is 65.7 cm³/mol. The molecule has 0 bridgehead atoms. The Labute approximate surface area is 113 Å². The van der Waals surface area contributed by atoms with Gasteiger partial charge < -0.3 is 4.90 Å². The Morgan fingerprint density at radius 1 is 1.05 bits per heavy atom. The molecule has 0 aromatic heterocycles. The van der Waals surface area contributed by atoms with E-state index < -0.39 is 24.3 Å². The second kappa shape index (κ2) is 8.04. The number of alkyl halides is 5. The van der Waals surface area contributed by atoms with Crippen LogP contribution in [-0.4, -0.2) is 54.9 Å². The summed E-state index contributed by atoms with van der Waals surface area (Å²) < 4.78 is 60.7. The zero-order valence-electron chi connectivity index (χ0n) is 10.9. The van der Waals surface area contributed by atoms with Crippen LogP contribution in [0.15, 0.2) is 0 Å². The highest BCUT2D eigenvalue weighted by Gasteiger charge is 2.62. The van der Waals surface area contributed by atoms with Crippen molar-refractivity contribution in [3.8, 4) is 0 Å². The highest BCUT2D eigenvalue weighted by molar-refractivity contribution is 7.99. The maximum atomic E-state index is 12.6. The van der Waals surface area contributed by atoms with Crippen molar-refractivity contribution in [1.82, 2.24) is 4.90 Å². The molecule has 8 heteroatoms. The molecule has 0 unspecified atom stereocenters. The largest absolute Gasteiger partial charge is 0.461 e. The van der Waals surface area contributed by atoms with Crippen LogP contribution in [0, 0.1) is 0 Å². The SMILES string of the molecule is CN(C)CCCSCCCC(=O)C(F)(F)C(F)(F)F. The van der Waals surface area contributed by atoms with Crippen LogP contribution < -0.4 is 0 Å². The van der Waals surface area contributed by atoms with E-state index in [1.807, 2.05) is 19.0 Å². The molecular weight excluding hydrogens is 289 g/mol. The molecule has 114 valence electrons. The van der Waals surface area contributed by atoms with Crippen molar-refractivity contribution < 1.29 is 26.7 Å². The minimum absolute atomic E-state index is 0.0388. The molecule has 0 N–H and O–H groups in total. The molecule has 0 saturated carbocycles. The van der Waals surface area contributed by atoms with Gasteiger partial charge in [0.2, 0.25) is 5.78 Å². The van der Waals surface area contributed by atoms with E-state index in [9.17, 15) is 26.7 Å². The quantitative estimate of drug-likeness (QED) is 0.482. The fourth-order valence-corrected chi connectivity index (χ4v) is 2.12. The number of hydrogen-bond donors (Lipinski definition) is 0. The second-order valence-electron chi connectivity index (χ2n) is 4.37. The zero-order valence-corrected chi connectivity index (χ0v) is 11.7. The summed E-state index contributed by atoms with van der Waals surface area (Å²) in [4.78, 5) is 12.8. The van der Waals surface area contributed by atoms with Crippen molar-refractivity contribution in [3.63, 3.8) is 0 Å². The Hall–Kier alpha value is -0.370. The van der Waals surface area contributed by atoms with Gasteiger partial charge in [-0.05, 0) is 45.0 Å². The number of Topliss-reactive ketones (excluding diaryl/α,β-unsaturated/α-hetero) is 1. The molecule has 0 aromatic carbocycles. The zero-order chi connectivity index (χ0) is 15.1. The highest BCUT2D eigenvalue weighted by atomic mass is 32.2. The van der Waals surface area contributed by atoms with Crippen LogP contribution in [0.4, 0.5) is 22.0 Å². The molecule has 0 heterocycles. The van der Waals surface area contributed by atoms with Crippen molar-refractivity contribution in [2.45, 2.75) is 31.4 Å². The summed E-state index contributed by atoms with van der Waals surface area (Å²) >= 11 is 1.45. The number of carbonyl (C=O) groups excluding carboxylic acids is 1. The van der Waals surface area contributed by atoms with Crippen molar-refractivity contribution in [2.75, 3.05) is 32.1 Å². The van der Waals surface area contributed by atoms with Crippen LogP contribution in [0.1, 0.15) is 19.3 Å². The van der Waals surface area contributed by atoms with E-state index >= 15 is 0 Å². The van der Waals surface area contributed by atoms with Gasteiger partial charge in [-0.15, -0.1) is 0 Å². The molecule has 0 aliphatic rings. The third-order valence-corrected chi connectivity index (χ3v) is 3.45. The number of thioether (sulfide) groups is 1. The molecule has 0 aliphatic carbocycles. The minimum Gasteiger partial charge on any atom is -0.309 e. The van der Waals surface area contributed by atoms with Gasteiger partial charge in [0.25, 0.3) is 0 Å². The van der Waals surface area contributed by atoms with Crippen LogP contribution in [0.3, 0.4) is 0 Å². The van der Waals surface area contributed by atoms with Gasteiger partial charge in [0, 0.05) is 6.42 Å². The molecule has 0 rings (SSSR count). The fourth-order valence-electron chi connectivity index (χ4n) is 1.23. The molecule has 0 atom stereocenters. The average Bonchev–Trinajstić information content (AvgIpc) is 2.25. The molecule has 0 aliphatic heterocycles. The topological polar surface area (TPSA) is 20.3 Å². The van der Waals surface area contributed by atoms with Crippen LogP contribution in [0.2, 0.25) is 0 Å². The molecule has 0 aromatic rings. The summed E-state index contributed by atoms with van der Waals surface area (Å²) in [5.41, 5.74) is 0. The summed E-state index contributed by atoms with van der Waals surface area (Å²) in [5, 5.41) is 0. The third kappa shape index (κ3) is 7.10. The maximum absolute atomic E-state index is 12.6. The van der Waals surface area contributed by atoms with E-state index in [1.54, 1.807) is 0 Å². The maximum Gasteiger partial charge on any atom is 0.461 e. The fraction of sp³-hybridized carbons (Fsp3) is 0.909. The Morgan fingerprint density at radius 2 is 1.58 bits per heavy atom. The van der Waals surface area contributed by atoms with Gasteiger partial charge in [-0.3, -0.25) is 4.79 Å². The lowest BCUT2D eigenvalue weighted by Crippen LogP contribution is -2.44. The number of halogens is 5.